The molecule has 4 aliphatic rings. The number of carbonyl (C=O) groups excluding carboxylic acids is 3. The van der Waals surface area contributed by atoms with Gasteiger partial charge in [0.05, 0.1) is 18.6 Å². The number of rotatable bonds is 1. The Hall–Kier alpha value is -1.79. The molecule has 6 heteroatoms. The molecular formula is C24H32O6. The van der Waals surface area contributed by atoms with E-state index >= 15 is 0 Å². The molecule has 9 atom stereocenters. The van der Waals surface area contributed by atoms with E-state index in [1.54, 1.807) is 13.8 Å². The minimum Gasteiger partial charge on any atom is -0.460 e. The lowest BCUT2D eigenvalue weighted by atomic mass is 9.70. The van der Waals surface area contributed by atoms with Crippen molar-refractivity contribution in [2.24, 2.45) is 35.5 Å². The number of allylic oxidation sites excluding steroid dienone is 4. The highest BCUT2D eigenvalue weighted by Crippen LogP contribution is 2.52. The number of hydrogen-bond acceptors (Lipinski definition) is 6. The number of fused-ring (bicyclic) bond motifs is 5. The second-order valence-corrected chi connectivity index (χ2v) is 9.67. The number of esters is 1. The molecule has 0 aromatic carbocycles. The number of carbonyl (C=O) groups is 3. The molecule has 0 aromatic rings. The number of aliphatic hydroxyl groups excluding tert-OH is 2. The van der Waals surface area contributed by atoms with Gasteiger partial charge in [0.25, 0.3) is 0 Å². The van der Waals surface area contributed by atoms with Crippen LogP contribution in [0.25, 0.3) is 0 Å². The molecule has 2 N–H and O–H groups in total. The highest BCUT2D eigenvalue weighted by molar-refractivity contribution is 5.99. The molecule has 1 saturated carbocycles. The third-order valence-electron chi connectivity index (χ3n) is 7.70. The van der Waals surface area contributed by atoms with E-state index in [-0.39, 0.29) is 47.6 Å². The number of Topliss-reactive ketones (excluding diaryl/α,β-unsaturated/α-hetero) is 2. The maximum atomic E-state index is 13.3. The molecule has 6 nitrogen and oxygen atoms in total. The fourth-order valence-electron chi connectivity index (χ4n) is 5.93. The molecule has 2 fully saturated rings. The molecular weight excluding hydrogens is 384 g/mol. The van der Waals surface area contributed by atoms with Gasteiger partial charge < -0.3 is 14.9 Å². The highest BCUT2D eigenvalue weighted by Gasteiger charge is 2.49. The van der Waals surface area contributed by atoms with E-state index in [9.17, 15) is 24.6 Å². The van der Waals surface area contributed by atoms with Crippen LogP contribution >= 0.6 is 0 Å². The lowest BCUT2D eigenvalue weighted by molar-refractivity contribution is -0.156. The summed E-state index contributed by atoms with van der Waals surface area (Å²) in [7, 11) is 0. The summed E-state index contributed by atoms with van der Waals surface area (Å²) in [6.07, 6.45) is 6.56. The van der Waals surface area contributed by atoms with Crippen molar-refractivity contribution >= 4 is 17.5 Å². The summed E-state index contributed by atoms with van der Waals surface area (Å²) < 4.78 is 5.59. The van der Waals surface area contributed by atoms with Crippen LogP contribution in [0.3, 0.4) is 0 Å². The Morgan fingerprint density at radius 1 is 1.07 bits per heavy atom. The maximum absolute atomic E-state index is 13.3. The van der Waals surface area contributed by atoms with Crippen LogP contribution in [0.4, 0.5) is 0 Å². The smallest absolute Gasteiger partial charge is 0.306 e. The van der Waals surface area contributed by atoms with Gasteiger partial charge in [0, 0.05) is 24.7 Å². The van der Waals surface area contributed by atoms with Crippen LogP contribution in [0.1, 0.15) is 52.4 Å². The van der Waals surface area contributed by atoms with Crippen LogP contribution in [-0.4, -0.2) is 46.1 Å². The molecule has 0 bridgehead atoms. The average molecular weight is 417 g/mol. The third-order valence-corrected chi connectivity index (χ3v) is 7.70. The molecule has 4 rings (SSSR count). The van der Waals surface area contributed by atoms with Gasteiger partial charge in [-0.25, -0.2) is 0 Å². The van der Waals surface area contributed by atoms with Crippen molar-refractivity contribution in [3.05, 3.63) is 23.8 Å². The Morgan fingerprint density at radius 3 is 2.57 bits per heavy atom. The first-order valence-corrected chi connectivity index (χ1v) is 11.3. The fraction of sp³-hybridized carbons (Fsp3) is 0.708. The number of cyclic esters (lactones) is 1. The van der Waals surface area contributed by atoms with Crippen molar-refractivity contribution in [3.8, 4) is 0 Å². The van der Waals surface area contributed by atoms with Crippen molar-refractivity contribution in [2.75, 3.05) is 0 Å². The van der Waals surface area contributed by atoms with Gasteiger partial charge in [-0.2, -0.15) is 0 Å². The standard InChI is InChI=1S/C24H32O6/c1-12-21(27)4-3-5-22(13(2)25)30-23(28)11-19-16-7-6-14-8-15(26)9-17(14)18(16)10-20(19)24(12)29/h6-7,10,12-14,16-19,21-22,25,27H,3-5,8-9,11H2,1-2H3. The molecule has 30 heavy (non-hydrogen) atoms. The lowest BCUT2D eigenvalue weighted by Gasteiger charge is -2.34. The Morgan fingerprint density at radius 2 is 1.83 bits per heavy atom. The van der Waals surface area contributed by atoms with E-state index in [1.807, 2.05) is 6.08 Å². The zero-order chi connectivity index (χ0) is 21.6. The quantitative estimate of drug-likeness (QED) is 0.503. The van der Waals surface area contributed by atoms with Crippen LogP contribution < -0.4 is 0 Å². The van der Waals surface area contributed by atoms with Gasteiger partial charge in [0.1, 0.15) is 11.9 Å². The van der Waals surface area contributed by atoms with E-state index in [1.165, 1.54) is 0 Å². The van der Waals surface area contributed by atoms with Crippen LogP contribution in [0.5, 0.6) is 0 Å². The molecule has 164 valence electrons. The van der Waals surface area contributed by atoms with E-state index in [2.05, 4.69) is 12.2 Å². The third kappa shape index (κ3) is 3.92. The van der Waals surface area contributed by atoms with Crippen molar-refractivity contribution in [1.82, 2.24) is 0 Å². The van der Waals surface area contributed by atoms with Crippen LogP contribution in [0, 0.1) is 35.5 Å². The maximum Gasteiger partial charge on any atom is 0.306 e. The Kier molecular flexibility index (Phi) is 5.99. The molecule has 0 spiro atoms. The SMILES string of the molecule is CC(O)C1CCCC(O)C(C)C(=O)C2=CC3C(C=CC4CC(=O)CC43)C2CC(=O)O1. The van der Waals surface area contributed by atoms with Crippen molar-refractivity contribution in [3.63, 3.8) is 0 Å². The molecule has 0 radical (unpaired) electrons. The normalized spacial score (nSPS) is 42.9. The second-order valence-electron chi connectivity index (χ2n) is 9.67. The molecule has 0 aromatic heterocycles. The first-order chi connectivity index (χ1) is 14.3. The predicted molar refractivity (Wildman–Crippen MR) is 109 cm³/mol. The minimum absolute atomic E-state index is 0.0130. The second kappa shape index (κ2) is 8.39. The number of hydrogen-bond donors (Lipinski definition) is 2. The van der Waals surface area contributed by atoms with Crippen molar-refractivity contribution < 1.29 is 29.3 Å². The molecule has 1 aliphatic heterocycles. The summed E-state index contributed by atoms with van der Waals surface area (Å²) in [6, 6.07) is 0. The van der Waals surface area contributed by atoms with Gasteiger partial charge >= 0.3 is 5.97 Å². The molecule has 1 heterocycles. The van der Waals surface area contributed by atoms with E-state index in [4.69, 9.17) is 4.74 Å². The van der Waals surface area contributed by atoms with Gasteiger partial charge in [0.2, 0.25) is 0 Å². The first kappa shape index (κ1) is 21.4. The van der Waals surface area contributed by atoms with E-state index < -0.39 is 30.2 Å². The Balaban J connectivity index is 1.66. The van der Waals surface area contributed by atoms with Gasteiger partial charge in [0.15, 0.2) is 5.78 Å². The van der Waals surface area contributed by atoms with Crippen LogP contribution in [-0.2, 0) is 19.1 Å². The minimum atomic E-state index is -0.792. The number of aliphatic hydroxyl groups is 2. The summed E-state index contributed by atoms with van der Waals surface area (Å²) in [4.78, 5) is 38.1. The molecule has 1 saturated heterocycles. The topological polar surface area (TPSA) is 101 Å². The Labute approximate surface area is 177 Å². The predicted octanol–water partition coefficient (Wildman–Crippen LogP) is 2.37. The zero-order valence-electron chi connectivity index (χ0n) is 17.7. The van der Waals surface area contributed by atoms with Crippen molar-refractivity contribution in [2.45, 2.75) is 70.7 Å². The summed E-state index contributed by atoms with van der Waals surface area (Å²) in [5.74, 6) is -0.677. The summed E-state index contributed by atoms with van der Waals surface area (Å²) in [5.41, 5.74) is 0.604. The summed E-state index contributed by atoms with van der Waals surface area (Å²) >= 11 is 0. The Bertz CT molecular complexity index is 781. The first-order valence-electron chi connectivity index (χ1n) is 11.3. The molecule has 0 amide bonds. The molecule has 9 unspecified atom stereocenters. The van der Waals surface area contributed by atoms with Gasteiger partial charge in [-0.15, -0.1) is 0 Å². The fourth-order valence-corrected chi connectivity index (χ4v) is 5.93. The highest BCUT2D eigenvalue weighted by atomic mass is 16.6. The number of ketones is 2. The average Bonchev–Trinajstić information content (AvgIpc) is 3.24. The van der Waals surface area contributed by atoms with Crippen molar-refractivity contribution in [1.29, 1.82) is 0 Å². The van der Waals surface area contributed by atoms with Crippen LogP contribution in [0.2, 0.25) is 0 Å². The van der Waals surface area contributed by atoms with Gasteiger partial charge in [-0.3, -0.25) is 14.4 Å². The monoisotopic (exact) mass is 416 g/mol. The zero-order valence-corrected chi connectivity index (χ0v) is 17.7. The molecule has 3 aliphatic carbocycles. The largest absolute Gasteiger partial charge is 0.460 e. The summed E-state index contributed by atoms with van der Waals surface area (Å²) in [5, 5.41) is 20.6. The van der Waals surface area contributed by atoms with Gasteiger partial charge in [-0.1, -0.05) is 25.2 Å². The van der Waals surface area contributed by atoms with E-state index in [0.29, 0.717) is 37.7 Å². The number of ether oxygens (including phenoxy) is 1. The summed E-state index contributed by atoms with van der Waals surface area (Å²) in [6.45, 7) is 3.35. The van der Waals surface area contributed by atoms with Crippen LogP contribution in [0.15, 0.2) is 23.8 Å². The van der Waals surface area contributed by atoms with E-state index in [0.717, 1.165) is 0 Å². The van der Waals surface area contributed by atoms with Gasteiger partial charge in [-0.05, 0) is 55.4 Å². The lowest BCUT2D eigenvalue weighted by Crippen LogP contribution is -2.35.